The smallest absolute Gasteiger partial charge is 0.408 e. The first-order valence-electron chi connectivity index (χ1n) is 13.1. The number of carbonyl (C=O) groups excluding carboxylic acids is 3. The third kappa shape index (κ3) is 9.64. The van der Waals surface area contributed by atoms with Gasteiger partial charge in [0.15, 0.2) is 5.96 Å². The lowest BCUT2D eigenvalue weighted by Crippen LogP contribution is -2.53. The average molecular weight is 551 g/mol. The van der Waals surface area contributed by atoms with Crippen LogP contribution < -0.4 is 22.1 Å². The predicted molar refractivity (Wildman–Crippen MR) is 153 cm³/mol. The summed E-state index contributed by atoms with van der Waals surface area (Å²) >= 11 is 0. The third-order valence-electron chi connectivity index (χ3n) is 5.88. The lowest BCUT2D eigenvalue weighted by Gasteiger charge is -2.25. The van der Waals surface area contributed by atoms with Crippen molar-refractivity contribution in [3.05, 3.63) is 71.9 Å². The summed E-state index contributed by atoms with van der Waals surface area (Å²) in [6.45, 7) is 5.49. The Balaban J connectivity index is 1.79. The van der Waals surface area contributed by atoms with E-state index in [0.29, 0.717) is 6.42 Å². The zero-order valence-electron chi connectivity index (χ0n) is 23.1. The van der Waals surface area contributed by atoms with Crippen molar-refractivity contribution in [2.75, 3.05) is 6.54 Å². The molecule has 0 aliphatic rings. The van der Waals surface area contributed by atoms with Gasteiger partial charge in [0, 0.05) is 30.1 Å². The third-order valence-corrected chi connectivity index (χ3v) is 5.88. The summed E-state index contributed by atoms with van der Waals surface area (Å²) in [5.41, 5.74) is 12.6. The molecule has 2 amide bonds. The first-order valence-corrected chi connectivity index (χ1v) is 13.1. The summed E-state index contributed by atoms with van der Waals surface area (Å²) in [5, 5.41) is 6.33. The minimum absolute atomic E-state index is 0.0536. The van der Waals surface area contributed by atoms with E-state index in [-0.39, 0.29) is 32.0 Å². The van der Waals surface area contributed by atoms with Gasteiger partial charge < -0.3 is 36.6 Å². The van der Waals surface area contributed by atoms with Gasteiger partial charge in [-0.15, -0.1) is 0 Å². The normalized spacial score (nSPS) is 12.7. The Kier molecular flexibility index (Phi) is 10.5. The zero-order chi connectivity index (χ0) is 29.1. The highest BCUT2D eigenvalue weighted by atomic mass is 16.6. The van der Waals surface area contributed by atoms with E-state index < -0.39 is 35.7 Å². The lowest BCUT2D eigenvalue weighted by molar-refractivity contribution is -0.149. The topological polar surface area (TPSA) is 174 Å². The number of ether oxygens (including phenoxy) is 2. The fourth-order valence-electron chi connectivity index (χ4n) is 4.04. The SMILES string of the molecule is CC(C)(C)OC(=O)N[C@@H](CCCN=C(N)N)C(=O)N[C@@H](Cc1c[nH]c2ccccc12)C(=O)OCc1ccccc1. The second-order valence-corrected chi connectivity index (χ2v) is 10.4. The maximum atomic E-state index is 13.5. The largest absolute Gasteiger partial charge is 0.459 e. The van der Waals surface area contributed by atoms with Gasteiger partial charge in [0.25, 0.3) is 0 Å². The quantitative estimate of drug-likeness (QED) is 0.0997. The van der Waals surface area contributed by atoms with Gasteiger partial charge in [-0.1, -0.05) is 48.5 Å². The number of amides is 2. The van der Waals surface area contributed by atoms with Gasteiger partial charge in [-0.25, -0.2) is 9.59 Å². The highest BCUT2D eigenvalue weighted by Crippen LogP contribution is 2.20. The number of esters is 1. The maximum absolute atomic E-state index is 13.5. The van der Waals surface area contributed by atoms with Crippen LogP contribution in [0.1, 0.15) is 44.7 Å². The molecule has 3 rings (SSSR count). The van der Waals surface area contributed by atoms with Gasteiger partial charge in [0.2, 0.25) is 5.91 Å². The van der Waals surface area contributed by atoms with E-state index in [2.05, 4.69) is 20.6 Å². The molecule has 7 N–H and O–H groups in total. The minimum atomic E-state index is -1.02. The summed E-state index contributed by atoms with van der Waals surface area (Å²) in [4.78, 5) is 46.4. The molecule has 11 nitrogen and oxygen atoms in total. The molecule has 0 fully saturated rings. The number of hydrogen-bond donors (Lipinski definition) is 5. The first kappa shape index (κ1) is 30.0. The molecule has 0 unspecified atom stereocenters. The standard InChI is InChI=1S/C29H38N6O5/c1-29(2,3)40-28(38)35-23(14-9-15-32-27(30)31)25(36)34-24(26(37)39-18-19-10-5-4-6-11-19)16-20-17-33-22-13-8-7-12-21(20)22/h4-8,10-13,17,23-24,33H,9,14-16,18H2,1-3H3,(H,34,36)(H,35,38)(H4,30,31,32)/t23-,24-/m0/s1. The number of alkyl carbamates (subject to hydrolysis) is 1. The molecular formula is C29H38N6O5. The number of benzene rings is 2. The Hall–Kier alpha value is -4.54. The second-order valence-electron chi connectivity index (χ2n) is 10.4. The van der Waals surface area contributed by atoms with Gasteiger partial charge in [0.05, 0.1) is 0 Å². The number of guanidine groups is 1. The zero-order valence-corrected chi connectivity index (χ0v) is 23.1. The Labute approximate surface area is 233 Å². The molecular weight excluding hydrogens is 512 g/mol. The molecule has 40 heavy (non-hydrogen) atoms. The van der Waals surface area contributed by atoms with E-state index in [1.54, 1.807) is 27.0 Å². The summed E-state index contributed by atoms with van der Waals surface area (Å²) in [6, 6.07) is 14.9. The molecule has 0 radical (unpaired) electrons. The number of aliphatic imine (C=N–C) groups is 1. The maximum Gasteiger partial charge on any atom is 0.408 e. The molecule has 0 bridgehead atoms. The van der Waals surface area contributed by atoms with Crippen LogP contribution in [0.5, 0.6) is 0 Å². The van der Waals surface area contributed by atoms with Crippen LogP contribution in [0.25, 0.3) is 10.9 Å². The van der Waals surface area contributed by atoms with Gasteiger partial charge in [0.1, 0.15) is 24.3 Å². The van der Waals surface area contributed by atoms with Gasteiger partial charge >= 0.3 is 12.1 Å². The predicted octanol–water partition coefficient (Wildman–Crippen LogP) is 2.89. The van der Waals surface area contributed by atoms with Crippen LogP contribution in [0.15, 0.2) is 65.8 Å². The van der Waals surface area contributed by atoms with Gasteiger partial charge in [-0.3, -0.25) is 9.79 Å². The lowest BCUT2D eigenvalue weighted by atomic mass is 10.0. The number of nitrogens with one attached hydrogen (secondary N) is 3. The first-order chi connectivity index (χ1) is 19.0. The van der Waals surface area contributed by atoms with Crippen LogP contribution in [0, 0.1) is 0 Å². The summed E-state index contributed by atoms with van der Waals surface area (Å²) in [6.07, 6.45) is 1.84. The fourth-order valence-corrected chi connectivity index (χ4v) is 4.04. The minimum Gasteiger partial charge on any atom is -0.459 e. The molecule has 0 spiro atoms. The molecule has 3 aromatic rings. The molecule has 2 atom stereocenters. The summed E-state index contributed by atoms with van der Waals surface area (Å²) in [7, 11) is 0. The van der Waals surface area contributed by atoms with Crippen molar-refractivity contribution >= 4 is 34.8 Å². The van der Waals surface area contributed by atoms with Gasteiger partial charge in [-0.05, 0) is 50.8 Å². The molecule has 0 aliphatic carbocycles. The van der Waals surface area contributed by atoms with Crippen LogP contribution in [-0.4, -0.2) is 53.1 Å². The molecule has 1 aromatic heterocycles. The van der Waals surface area contributed by atoms with E-state index in [1.807, 2.05) is 54.6 Å². The van der Waals surface area contributed by atoms with Gasteiger partial charge in [-0.2, -0.15) is 0 Å². The number of aromatic nitrogens is 1. The van der Waals surface area contributed by atoms with Crippen LogP contribution in [0.4, 0.5) is 4.79 Å². The highest BCUT2D eigenvalue weighted by Gasteiger charge is 2.30. The molecule has 2 aromatic carbocycles. The Morgan fingerprint density at radius 3 is 2.38 bits per heavy atom. The number of para-hydroxylation sites is 1. The van der Waals surface area contributed by atoms with Crippen LogP contribution in [-0.2, 0) is 32.1 Å². The van der Waals surface area contributed by atoms with Crippen molar-refractivity contribution in [3.8, 4) is 0 Å². The van der Waals surface area contributed by atoms with Crippen molar-refractivity contribution in [3.63, 3.8) is 0 Å². The molecule has 214 valence electrons. The Morgan fingerprint density at radius 2 is 1.68 bits per heavy atom. The van der Waals surface area contributed by atoms with Crippen molar-refractivity contribution in [2.45, 2.75) is 64.3 Å². The van der Waals surface area contributed by atoms with E-state index in [0.717, 1.165) is 22.0 Å². The molecule has 11 heteroatoms. The van der Waals surface area contributed by atoms with Crippen LogP contribution in [0.2, 0.25) is 0 Å². The molecule has 0 saturated carbocycles. The van der Waals surface area contributed by atoms with E-state index >= 15 is 0 Å². The van der Waals surface area contributed by atoms with Crippen molar-refractivity contribution < 1.29 is 23.9 Å². The fraction of sp³-hybridized carbons (Fsp3) is 0.379. The monoisotopic (exact) mass is 550 g/mol. The second kappa shape index (κ2) is 14.0. The summed E-state index contributed by atoms with van der Waals surface area (Å²) in [5.74, 6) is -1.22. The van der Waals surface area contributed by atoms with Crippen LogP contribution in [0.3, 0.4) is 0 Å². The average Bonchev–Trinajstić information content (AvgIpc) is 3.30. The van der Waals surface area contributed by atoms with Crippen molar-refractivity contribution in [1.82, 2.24) is 15.6 Å². The Bertz CT molecular complexity index is 1310. The number of rotatable bonds is 12. The van der Waals surface area contributed by atoms with E-state index in [1.165, 1.54) is 0 Å². The van der Waals surface area contributed by atoms with Crippen molar-refractivity contribution in [1.29, 1.82) is 0 Å². The summed E-state index contributed by atoms with van der Waals surface area (Å²) < 4.78 is 10.9. The molecule has 1 heterocycles. The number of H-pyrrole nitrogens is 1. The number of hydrogen-bond acceptors (Lipinski definition) is 6. The number of aromatic amines is 1. The molecule has 0 saturated heterocycles. The molecule has 0 aliphatic heterocycles. The number of fused-ring (bicyclic) bond motifs is 1. The van der Waals surface area contributed by atoms with Crippen LogP contribution >= 0.6 is 0 Å². The van der Waals surface area contributed by atoms with E-state index in [4.69, 9.17) is 20.9 Å². The Morgan fingerprint density at radius 1 is 0.975 bits per heavy atom. The van der Waals surface area contributed by atoms with E-state index in [9.17, 15) is 14.4 Å². The number of nitrogens with two attached hydrogens (primary N) is 2. The number of nitrogens with zero attached hydrogens (tertiary/aromatic N) is 1. The highest BCUT2D eigenvalue weighted by molar-refractivity contribution is 5.90. The van der Waals surface area contributed by atoms with Crippen molar-refractivity contribution in [2.24, 2.45) is 16.5 Å². The number of carbonyl (C=O) groups is 3.